The minimum absolute atomic E-state index is 0.00911. The number of aromatic hydroxyl groups is 2. The number of methoxy groups -OCH3 is 2. The summed E-state index contributed by atoms with van der Waals surface area (Å²) in [5, 5.41) is 25.7. The maximum absolute atomic E-state index is 11.0. The Morgan fingerprint density at radius 1 is 0.629 bits per heavy atom. The molecule has 0 saturated carbocycles. The summed E-state index contributed by atoms with van der Waals surface area (Å²) in [6, 6.07) is 32.4. The normalized spacial score (nSPS) is 11.7. The molecule has 0 saturated heterocycles. The van der Waals surface area contributed by atoms with Gasteiger partial charge in [-0.15, -0.1) is 0 Å². The fourth-order valence-electron chi connectivity index (χ4n) is 5.16. The first kappa shape index (κ1) is 24.6. The Kier molecular flexibility index (Phi) is 7.63. The van der Waals surface area contributed by atoms with E-state index in [1.165, 1.54) is 30.1 Å². The van der Waals surface area contributed by atoms with Crippen molar-refractivity contribution < 1.29 is 19.7 Å². The Balaban J connectivity index is 1.79. The van der Waals surface area contributed by atoms with Gasteiger partial charge in [-0.25, -0.2) is 0 Å². The molecule has 0 heterocycles. The van der Waals surface area contributed by atoms with Crippen molar-refractivity contribution in [1.82, 2.24) is 0 Å². The molecule has 0 atom stereocenters. The first-order chi connectivity index (χ1) is 17.0. The molecule has 4 nitrogen and oxygen atoms in total. The van der Waals surface area contributed by atoms with Crippen LogP contribution in [0.5, 0.6) is 23.0 Å². The Bertz CT molecular complexity index is 1160. The number of ether oxygens (including phenoxy) is 2. The van der Waals surface area contributed by atoms with Crippen LogP contribution < -0.4 is 25.4 Å². The second-order valence-corrected chi connectivity index (χ2v) is 12.8. The second kappa shape index (κ2) is 10.8. The van der Waals surface area contributed by atoms with Gasteiger partial charge in [-0.2, -0.15) is 0 Å². The van der Waals surface area contributed by atoms with E-state index in [-0.39, 0.29) is 23.0 Å². The van der Waals surface area contributed by atoms with Gasteiger partial charge in [-0.3, -0.25) is 0 Å². The van der Waals surface area contributed by atoms with Crippen LogP contribution in [0.1, 0.15) is 17.5 Å². The van der Waals surface area contributed by atoms with Crippen LogP contribution in [-0.4, -0.2) is 30.6 Å². The van der Waals surface area contributed by atoms with Crippen LogP contribution >= 0.6 is 7.26 Å². The van der Waals surface area contributed by atoms with Crippen molar-refractivity contribution in [1.29, 1.82) is 0 Å². The molecule has 0 fully saturated rings. The number of phenolic OH excluding ortho intramolecular Hbond substituents is 2. The average molecular weight is 489 g/mol. The zero-order valence-corrected chi connectivity index (χ0v) is 21.5. The Hall–Kier alpha value is -3.49. The monoisotopic (exact) mass is 488 g/mol. The Labute approximate surface area is 208 Å². The third kappa shape index (κ3) is 4.59. The number of hydrogen-bond acceptors (Lipinski definition) is 4. The van der Waals surface area contributed by atoms with Crippen molar-refractivity contribution in [3.05, 3.63) is 102 Å². The molecule has 0 bridgehead atoms. The van der Waals surface area contributed by atoms with E-state index in [0.29, 0.717) is 17.5 Å². The van der Waals surface area contributed by atoms with E-state index in [9.17, 15) is 10.2 Å². The fourth-order valence-corrected chi connectivity index (χ4v) is 10.0. The molecular formula is C30H33O4P. The van der Waals surface area contributed by atoms with Gasteiger partial charge in [0, 0.05) is 0 Å². The van der Waals surface area contributed by atoms with Gasteiger partial charge in [0.05, 0.1) is 0 Å². The van der Waals surface area contributed by atoms with Gasteiger partial charge in [0.25, 0.3) is 0 Å². The molecule has 0 aliphatic heterocycles. The molecule has 35 heavy (non-hydrogen) atoms. The summed E-state index contributed by atoms with van der Waals surface area (Å²) < 4.78 is 10.7. The van der Waals surface area contributed by atoms with Crippen molar-refractivity contribution in [3.63, 3.8) is 0 Å². The maximum atomic E-state index is 11.0. The zero-order chi connectivity index (χ0) is 24.8. The molecule has 5 heteroatoms. The van der Waals surface area contributed by atoms with E-state index in [1.807, 2.05) is 6.92 Å². The molecule has 2 N–H and O–H groups in total. The third-order valence-electron chi connectivity index (χ3n) is 6.92. The summed E-state index contributed by atoms with van der Waals surface area (Å²) in [7, 11) is 0.555. The summed E-state index contributed by atoms with van der Waals surface area (Å²) in [5.74, 6) is 0.372. The quantitative estimate of drug-likeness (QED) is 0.255. The third-order valence-corrected chi connectivity index (χ3v) is 12.0. The molecule has 4 aromatic carbocycles. The molecule has 4 rings (SSSR count). The molecule has 0 radical (unpaired) electrons. The summed E-state index contributed by atoms with van der Waals surface area (Å²) in [4.78, 5) is 0. The standard InChI is InChI=1S/C30H33O4P/c1-22-26(28(32)30(34-3)29(33-2)27(22)31)20-13-21-35(23-14-7-4-8-15-23,24-16-9-5-10-17-24)25-18-11-6-12-19-25/h4-12,14-19,31-32,35H,13,20-21H2,1-3H3. The molecule has 0 unspecified atom stereocenters. The molecule has 0 spiro atoms. The first-order valence-corrected chi connectivity index (χ1v) is 14.1. The summed E-state index contributed by atoms with van der Waals surface area (Å²) in [6.45, 7) is 1.81. The van der Waals surface area contributed by atoms with Crippen LogP contribution in [0.15, 0.2) is 91.0 Å². The van der Waals surface area contributed by atoms with E-state index in [4.69, 9.17) is 9.47 Å². The van der Waals surface area contributed by atoms with Gasteiger partial charge in [0.1, 0.15) is 0 Å². The fraction of sp³-hybridized carbons (Fsp3) is 0.200. The van der Waals surface area contributed by atoms with Gasteiger partial charge >= 0.3 is 208 Å². The molecule has 0 aromatic heterocycles. The number of phenols is 2. The molecular weight excluding hydrogens is 455 g/mol. The van der Waals surface area contributed by atoms with E-state index >= 15 is 0 Å². The molecule has 0 aliphatic carbocycles. The number of rotatable bonds is 9. The van der Waals surface area contributed by atoms with Gasteiger partial charge in [0.15, 0.2) is 0 Å². The second-order valence-electron chi connectivity index (χ2n) is 8.72. The molecule has 0 amide bonds. The Morgan fingerprint density at radius 3 is 1.43 bits per heavy atom. The van der Waals surface area contributed by atoms with Gasteiger partial charge in [-0.1, -0.05) is 0 Å². The van der Waals surface area contributed by atoms with Crippen molar-refractivity contribution >= 4 is 23.2 Å². The van der Waals surface area contributed by atoms with Crippen LogP contribution in [0.3, 0.4) is 0 Å². The predicted molar refractivity (Wildman–Crippen MR) is 147 cm³/mol. The van der Waals surface area contributed by atoms with Crippen molar-refractivity contribution in [2.75, 3.05) is 20.4 Å². The van der Waals surface area contributed by atoms with Gasteiger partial charge in [-0.05, 0) is 0 Å². The molecule has 182 valence electrons. The summed E-state index contributed by atoms with van der Waals surface area (Å²) in [6.07, 6.45) is 2.38. The summed E-state index contributed by atoms with van der Waals surface area (Å²) >= 11 is 0. The van der Waals surface area contributed by atoms with Crippen LogP contribution in [-0.2, 0) is 6.42 Å². The van der Waals surface area contributed by atoms with Crippen molar-refractivity contribution in [3.8, 4) is 23.0 Å². The van der Waals surface area contributed by atoms with E-state index in [1.54, 1.807) is 0 Å². The zero-order valence-electron chi connectivity index (χ0n) is 20.5. The van der Waals surface area contributed by atoms with Crippen molar-refractivity contribution in [2.24, 2.45) is 0 Å². The number of hydrogen-bond donors (Lipinski definition) is 2. The SMILES string of the molecule is COc1c(O)c(C)c(CCC[PH](c2ccccc2)(c2ccccc2)c2ccccc2)c(O)c1OC. The molecule has 0 aliphatic rings. The summed E-state index contributed by atoms with van der Waals surface area (Å²) in [5.41, 5.74) is 1.31. The van der Waals surface area contributed by atoms with E-state index in [0.717, 1.165) is 12.6 Å². The topological polar surface area (TPSA) is 58.9 Å². The minimum atomic E-state index is -2.37. The Morgan fingerprint density at radius 2 is 1.03 bits per heavy atom. The predicted octanol–water partition coefficient (Wildman–Crippen LogP) is 5.08. The van der Waals surface area contributed by atoms with Gasteiger partial charge in [0.2, 0.25) is 0 Å². The van der Waals surface area contributed by atoms with Crippen molar-refractivity contribution in [2.45, 2.75) is 19.8 Å². The van der Waals surface area contributed by atoms with Crippen LogP contribution in [0.4, 0.5) is 0 Å². The van der Waals surface area contributed by atoms with Crippen LogP contribution in [0.25, 0.3) is 0 Å². The first-order valence-electron chi connectivity index (χ1n) is 11.9. The molecule has 4 aromatic rings. The van der Waals surface area contributed by atoms with Crippen LogP contribution in [0.2, 0.25) is 0 Å². The average Bonchev–Trinajstić information content (AvgIpc) is 2.92. The van der Waals surface area contributed by atoms with Gasteiger partial charge < -0.3 is 0 Å². The van der Waals surface area contributed by atoms with E-state index < -0.39 is 7.26 Å². The van der Waals surface area contributed by atoms with Crippen LogP contribution in [0, 0.1) is 6.92 Å². The van der Waals surface area contributed by atoms with E-state index in [2.05, 4.69) is 91.0 Å². The number of benzene rings is 4.